The molecule has 2 aromatic rings. The van der Waals surface area contributed by atoms with Crippen LogP contribution < -0.4 is 5.32 Å². The number of nitrogens with one attached hydrogen (secondary N) is 1. The molecular weight excluding hydrogens is 266 g/mol. The molecule has 2 rings (SSSR count). The van der Waals surface area contributed by atoms with Gasteiger partial charge in [-0.1, -0.05) is 37.3 Å². The lowest BCUT2D eigenvalue weighted by Crippen LogP contribution is -2.04. The van der Waals surface area contributed by atoms with E-state index in [1.165, 1.54) is 5.56 Å². The average molecular weight is 287 g/mol. The van der Waals surface area contributed by atoms with Gasteiger partial charge in [0.05, 0.1) is 0 Å². The molecule has 1 heterocycles. The summed E-state index contributed by atoms with van der Waals surface area (Å²) in [5.74, 6) is 2.81. The van der Waals surface area contributed by atoms with Gasteiger partial charge in [0.15, 0.2) is 0 Å². The van der Waals surface area contributed by atoms with Crippen molar-refractivity contribution in [3.8, 4) is 0 Å². The van der Waals surface area contributed by atoms with E-state index in [0.29, 0.717) is 0 Å². The second kappa shape index (κ2) is 7.29. The third kappa shape index (κ3) is 3.73. The van der Waals surface area contributed by atoms with Gasteiger partial charge in [0.1, 0.15) is 16.7 Å². The number of aromatic nitrogens is 2. The molecule has 0 aliphatic rings. The first-order chi connectivity index (χ1) is 9.74. The van der Waals surface area contributed by atoms with E-state index in [4.69, 9.17) is 4.98 Å². The van der Waals surface area contributed by atoms with E-state index in [-0.39, 0.29) is 0 Å². The van der Waals surface area contributed by atoms with Gasteiger partial charge >= 0.3 is 0 Å². The molecule has 0 aliphatic carbocycles. The number of rotatable bonds is 6. The molecule has 0 radical (unpaired) electrons. The van der Waals surface area contributed by atoms with E-state index < -0.39 is 0 Å². The highest BCUT2D eigenvalue weighted by Crippen LogP contribution is 2.27. The highest BCUT2D eigenvalue weighted by atomic mass is 32.2. The summed E-state index contributed by atoms with van der Waals surface area (Å²) >= 11 is 1.78. The van der Waals surface area contributed by atoms with Gasteiger partial charge in [0.25, 0.3) is 0 Å². The second-order valence-electron chi connectivity index (χ2n) is 4.69. The average Bonchev–Trinajstić information content (AvgIpc) is 2.48. The third-order valence-corrected chi connectivity index (χ3v) is 4.22. The van der Waals surface area contributed by atoms with E-state index in [0.717, 1.165) is 40.8 Å². The first-order valence-electron chi connectivity index (χ1n) is 6.96. The summed E-state index contributed by atoms with van der Waals surface area (Å²) in [7, 11) is 1.91. The first kappa shape index (κ1) is 14.9. The molecule has 0 spiro atoms. The molecule has 1 aromatic heterocycles. The van der Waals surface area contributed by atoms with Crippen molar-refractivity contribution in [3.63, 3.8) is 0 Å². The van der Waals surface area contributed by atoms with Crippen LogP contribution in [0.5, 0.6) is 0 Å². The van der Waals surface area contributed by atoms with Gasteiger partial charge in [-0.05, 0) is 18.9 Å². The fourth-order valence-corrected chi connectivity index (χ4v) is 2.96. The van der Waals surface area contributed by atoms with Gasteiger partial charge in [-0.25, -0.2) is 9.97 Å². The van der Waals surface area contributed by atoms with E-state index in [1.54, 1.807) is 11.8 Å². The van der Waals surface area contributed by atoms with Crippen molar-refractivity contribution in [2.45, 2.75) is 37.5 Å². The summed E-state index contributed by atoms with van der Waals surface area (Å²) in [5, 5.41) is 4.25. The van der Waals surface area contributed by atoms with Gasteiger partial charge < -0.3 is 5.32 Å². The first-order valence-corrected chi connectivity index (χ1v) is 7.95. The molecule has 0 saturated heterocycles. The van der Waals surface area contributed by atoms with Crippen molar-refractivity contribution >= 4 is 17.6 Å². The zero-order chi connectivity index (χ0) is 14.4. The largest absolute Gasteiger partial charge is 0.373 e. The van der Waals surface area contributed by atoms with Gasteiger partial charge in [0.2, 0.25) is 0 Å². The van der Waals surface area contributed by atoms with Crippen LogP contribution in [-0.4, -0.2) is 17.0 Å². The van der Waals surface area contributed by atoms with Gasteiger partial charge in [-0.15, -0.1) is 11.8 Å². The molecule has 106 valence electrons. The quantitative estimate of drug-likeness (QED) is 0.642. The zero-order valence-electron chi connectivity index (χ0n) is 12.3. The molecule has 0 bridgehead atoms. The summed E-state index contributed by atoms with van der Waals surface area (Å²) in [6, 6.07) is 10.5. The van der Waals surface area contributed by atoms with Crippen molar-refractivity contribution < 1.29 is 0 Å². The highest BCUT2D eigenvalue weighted by Gasteiger charge is 2.10. The molecule has 0 unspecified atom stereocenters. The molecule has 0 aliphatic heterocycles. The minimum Gasteiger partial charge on any atom is -0.373 e. The Hall–Kier alpha value is -1.55. The van der Waals surface area contributed by atoms with Crippen LogP contribution in [0.2, 0.25) is 0 Å². The number of aryl methyl sites for hydroxylation is 1. The number of hydrogen-bond acceptors (Lipinski definition) is 4. The van der Waals surface area contributed by atoms with Gasteiger partial charge in [0, 0.05) is 24.8 Å². The third-order valence-electron chi connectivity index (χ3n) is 3.08. The Morgan fingerprint density at radius 1 is 1.15 bits per heavy atom. The lowest BCUT2D eigenvalue weighted by Gasteiger charge is -2.11. The minimum atomic E-state index is 0.924. The van der Waals surface area contributed by atoms with Crippen LogP contribution in [0.3, 0.4) is 0 Å². The summed E-state index contributed by atoms with van der Waals surface area (Å²) in [6.07, 6.45) is 1.99. The zero-order valence-corrected chi connectivity index (χ0v) is 13.1. The molecule has 4 heteroatoms. The van der Waals surface area contributed by atoms with Crippen LogP contribution in [0, 0.1) is 6.92 Å². The number of thioether (sulfide) groups is 1. The molecule has 0 amide bonds. The van der Waals surface area contributed by atoms with Crippen LogP contribution >= 0.6 is 11.8 Å². The Kier molecular flexibility index (Phi) is 5.41. The molecule has 3 nitrogen and oxygen atoms in total. The predicted molar refractivity (Wildman–Crippen MR) is 86.3 cm³/mol. The van der Waals surface area contributed by atoms with Crippen LogP contribution in [0.4, 0.5) is 5.82 Å². The van der Waals surface area contributed by atoms with Crippen LogP contribution in [0.25, 0.3) is 0 Å². The molecule has 20 heavy (non-hydrogen) atoms. The van der Waals surface area contributed by atoms with Crippen LogP contribution in [0.15, 0.2) is 35.4 Å². The summed E-state index contributed by atoms with van der Waals surface area (Å²) in [6.45, 7) is 4.23. The van der Waals surface area contributed by atoms with Gasteiger partial charge in [-0.2, -0.15) is 0 Å². The van der Waals surface area contributed by atoms with Crippen LogP contribution in [-0.2, 0) is 12.2 Å². The Balaban J connectivity index is 2.19. The maximum Gasteiger partial charge on any atom is 0.133 e. The maximum atomic E-state index is 4.70. The summed E-state index contributed by atoms with van der Waals surface area (Å²) < 4.78 is 0. The molecule has 0 fully saturated rings. The van der Waals surface area contributed by atoms with Gasteiger partial charge in [-0.3, -0.25) is 0 Å². The number of benzene rings is 1. The smallest absolute Gasteiger partial charge is 0.133 e. The van der Waals surface area contributed by atoms with Crippen molar-refractivity contribution in [1.82, 2.24) is 9.97 Å². The normalized spacial score (nSPS) is 10.6. The summed E-state index contributed by atoms with van der Waals surface area (Å²) in [4.78, 5) is 9.26. The standard InChI is InChI=1S/C16H21N3S/c1-4-8-14-18-15(17-3)12(2)16(19-14)20-11-13-9-6-5-7-10-13/h5-7,9-10H,4,8,11H2,1-3H3,(H,17,18,19). The topological polar surface area (TPSA) is 37.8 Å². The highest BCUT2D eigenvalue weighted by molar-refractivity contribution is 7.98. The second-order valence-corrected chi connectivity index (χ2v) is 5.66. The Bertz CT molecular complexity index is 555. The minimum absolute atomic E-state index is 0.924. The monoisotopic (exact) mass is 287 g/mol. The number of nitrogens with zero attached hydrogens (tertiary/aromatic N) is 2. The maximum absolute atomic E-state index is 4.70. The van der Waals surface area contributed by atoms with Crippen molar-refractivity contribution in [3.05, 3.63) is 47.3 Å². The van der Waals surface area contributed by atoms with Crippen molar-refractivity contribution in [1.29, 1.82) is 0 Å². The fourth-order valence-electron chi connectivity index (χ4n) is 1.99. The Morgan fingerprint density at radius 3 is 2.55 bits per heavy atom. The van der Waals surface area contributed by atoms with E-state index >= 15 is 0 Å². The lowest BCUT2D eigenvalue weighted by molar-refractivity contribution is 0.804. The van der Waals surface area contributed by atoms with Crippen LogP contribution in [0.1, 0.15) is 30.3 Å². The van der Waals surface area contributed by atoms with Crippen molar-refractivity contribution in [2.75, 3.05) is 12.4 Å². The van der Waals surface area contributed by atoms with Crippen molar-refractivity contribution in [2.24, 2.45) is 0 Å². The van der Waals surface area contributed by atoms with E-state index in [1.807, 2.05) is 13.1 Å². The number of anilines is 1. The van der Waals surface area contributed by atoms with E-state index in [9.17, 15) is 0 Å². The Labute approximate surface area is 125 Å². The molecule has 0 saturated carbocycles. The molecule has 1 aromatic carbocycles. The SMILES string of the molecule is CCCc1nc(NC)c(C)c(SCc2ccccc2)n1. The predicted octanol–water partition coefficient (Wildman–Crippen LogP) is 4.07. The number of hydrogen-bond donors (Lipinski definition) is 1. The fraction of sp³-hybridized carbons (Fsp3) is 0.375. The molecule has 1 N–H and O–H groups in total. The van der Waals surface area contributed by atoms with E-state index in [2.05, 4.69) is 48.4 Å². The Morgan fingerprint density at radius 2 is 1.90 bits per heavy atom. The lowest BCUT2D eigenvalue weighted by atomic mass is 10.2. The molecule has 0 atom stereocenters. The summed E-state index contributed by atoms with van der Waals surface area (Å²) in [5.41, 5.74) is 2.45. The molecular formula is C16H21N3S.